The van der Waals surface area contributed by atoms with E-state index < -0.39 is 10.1 Å². The zero-order valence-electron chi connectivity index (χ0n) is 9.64. The SMILES string of the molecule is C=CC(=O)N[N+](C)(CCC)CCS(=O)(=O)O. The molecule has 0 bridgehead atoms. The average Bonchev–Trinajstić information content (AvgIpc) is 2.14. The van der Waals surface area contributed by atoms with E-state index in [1.165, 1.54) is 0 Å². The maximum Gasteiger partial charge on any atom is 0.288 e. The van der Waals surface area contributed by atoms with E-state index in [9.17, 15) is 13.2 Å². The standard InChI is InChI=1S/C9H18N2O4S/c1-4-6-11(3,10-9(12)5-2)7-8-16(13,14)15/h5H,2,4,6-8H2,1,3H3,(H-,10,12,13,14,15)/p+1. The van der Waals surface area contributed by atoms with Gasteiger partial charge in [0.25, 0.3) is 16.0 Å². The van der Waals surface area contributed by atoms with E-state index in [0.717, 1.165) is 12.5 Å². The molecule has 1 unspecified atom stereocenters. The van der Waals surface area contributed by atoms with Crippen molar-refractivity contribution in [2.75, 3.05) is 25.9 Å². The number of carbonyl (C=O) groups excluding carboxylic acids is 1. The molecule has 0 spiro atoms. The molecule has 0 heterocycles. The van der Waals surface area contributed by atoms with Crippen LogP contribution < -0.4 is 5.43 Å². The lowest BCUT2D eigenvalue weighted by Gasteiger charge is -2.32. The van der Waals surface area contributed by atoms with Gasteiger partial charge in [-0.1, -0.05) is 13.5 Å². The minimum Gasteiger partial charge on any atom is -0.285 e. The largest absolute Gasteiger partial charge is 0.288 e. The molecule has 16 heavy (non-hydrogen) atoms. The van der Waals surface area contributed by atoms with Crippen molar-refractivity contribution < 1.29 is 22.4 Å². The quantitative estimate of drug-likeness (QED) is 0.287. The van der Waals surface area contributed by atoms with Crippen LogP contribution in [0, 0.1) is 0 Å². The van der Waals surface area contributed by atoms with Crippen LogP contribution in [-0.2, 0) is 14.9 Å². The summed E-state index contributed by atoms with van der Waals surface area (Å²) in [4.78, 5) is 11.2. The molecule has 0 rings (SSSR count). The Kier molecular flexibility index (Phi) is 5.63. The average molecular weight is 251 g/mol. The summed E-state index contributed by atoms with van der Waals surface area (Å²) in [6, 6.07) is 0. The fourth-order valence-corrected chi connectivity index (χ4v) is 1.98. The van der Waals surface area contributed by atoms with E-state index in [0.29, 0.717) is 6.54 Å². The van der Waals surface area contributed by atoms with Gasteiger partial charge in [-0.15, -0.1) is 0 Å². The lowest BCUT2D eigenvalue weighted by Crippen LogP contribution is -2.59. The Morgan fingerprint density at radius 2 is 2.06 bits per heavy atom. The second-order valence-electron chi connectivity index (χ2n) is 3.81. The molecule has 0 aromatic heterocycles. The van der Waals surface area contributed by atoms with Crippen LogP contribution in [0.5, 0.6) is 0 Å². The molecule has 0 aromatic rings. The number of amides is 1. The van der Waals surface area contributed by atoms with Crippen LogP contribution >= 0.6 is 0 Å². The fraction of sp³-hybridized carbons (Fsp3) is 0.667. The third-order valence-corrected chi connectivity index (χ3v) is 2.82. The number of quaternary nitrogens is 1. The van der Waals surface area contributed by atoms with Gasteiger partial charge in [0.05, 0.1) is 7.05 Å². The van der Waals surface area contributed by atoms with Crippen molar-refractivity contribution in [2.24, 2.45) is 0 Å². The first-order chi connectivity index (χ1) is 7.22. The minimum absolute atomic E-state index is 0.0567. The molecule has 0 saturated heterocycles. The third-order valence-electron chi connectivity index (χ3n) is 2.13. The van der Waals surface area contributed by atoms with Crippen LogP contribution in [0.15, 0.2) is 12.7 Å². The maximum absolute atomic E-state index is 11.2. The molecule has 0 aliphatic heterocycles. The number of carbonyl (C=O) groups is 1. The van der Waals surface area contributed by atoms with E-state index in [2.05, 4.69) is 12.0 Å². The Labute approximate surface area is 96.2 Å². The van der Waals surface area contributed by atoms with Crippen molar-refractivity contribution in [2.45, 2.75) is 13.3 Å². The summed E-state index contributed by atoms with van der Waals surface area (Å²) in [5.41, 5.74) is 2.62. The maximum atomic E-state index is 11.2. The van der Waals surface area contributed by atoms with E-state index in [-0.39, 0.29) is 22.8 Å². The Morgan fingerprint density at radius 1 is 1.50 bits per heavy atom. The Hall–Kier alpha value is -0.920. The topological polar surface area (TPSA) is 83.5 Å². The van der Waals surface area contributed by atoms with Gasteiger partial charge in [0.2, 0.25) is 0 Å². The molecule has 0 radical (unpaired) electrons. The van der Waals surface area contributed by atoms with E-state index in [1.54, 1.807) is 7.05 Å². The zero-order valence-corrected chi connectivity index (χ0v) is 10.5. The number of rotatable bonds is 7. The van der Waals surface area contributed by atoms with Gasteiger partial charge < -0.3 is 0 Å². The normalized spacial score (nSPS) is 15.2. The Bertz CT molecular complexity index is 353. The van der Waals surface area contributed by atoms with Gasteiger partial charge in [-0.2, -0.15) is 13.8 Å². The van der Waals surface area contributed by atoms with Gasteiger partial charge in [0, 0.05) is 6.08 Å². The van der Waals surface area contributed by atoms with E-state index >= 15 is 0 Å². The summed E-state index contributed by atoms with van der Waals surface area (Å²) in [5, 5.41) is 0. The molecule has 0 aliphatic carbocycles. The van der Waals surface area contributed by atoms with Crippen molar-refractivity contribution in [1.82, 2.24) is 5.43 Å². The second kappa shape index (κ2) is 5.97. The monoisotopic (exact) mass is 251 g/mol. The van der Waals surface area contributed by atoms with Crippen LogP contribution in [0.25, 0.3) is 0 Å². The van der Waals surface area contributed by atoms with Crippen LogP contribution in [0.1, 0.15) is 13.3 Å². The first-order valence-corrected chi connectivity index (χ1v) is 6.58. The highest BCUT2D eigenvalue weighted by Crippen LogP contribution is 2.01. The summed E-state index contributed by atoms with van der Waals surface area (Å²) in [5.74, 6) is -0.757. The van der Waals surface area contributed by atoms with E-state index in [4.69, 9.17) is 4.55 Å². The van der Waals surface area contributed by atoms with Gasteiger partial charge in [-0.3, -0.25) is 9.35 Å². The molecule has 2 N–H and O–H groups in total. The highest BCUT2D eigenvalue weighted by Gasteiger charge is 2.25. The molecule has 0 aliphatic rings. The summed E-state index contributed by atoms with van der Waals surface area (Å²) in [6.45, 7) is 5.94. The summed E-state index contributed by atoms with van der Waals surface area (Å²) < 4.78 is 30.0. The highest BCUT2D eigenvalue weighted by atomic mass is 32.2. The van der Waals surface area contributed by atoms with Crippen LogP contribution in [0.3, 0.4) is 0 Å². The molecule has 0 saturated carbocycles. The molecular weight excluding hydrogens is 232 g/mol. The predicted molar refractivity (Wildman–Crippen MR) is 61.0 cm³/mol. The van der Waals surface area contributed by atoms with Crippen LogP contribution in [-0.4, -0.2) is 49.4 Å². The molecule has 6 nitrogen and oxygen atoms in total. The highest BCUT2D eigenvalue weighted by molar-refractivity contribution is 7.85. The van der Waals surface area contributed by atoms with Crippen molar-refractivity contribution in [3.05, 3.63) is 12.7 Å². The number of hydrogen-bond donors (Lipinski definition) is 2. The zero-order chi connectivity index (χ0) is 12.8. The number of nitrogens with one attached hydrogen (secondary N) is 1. The van der Waals surface area contributed by atoms with E-state index in [1.807, 2.05) is 6.92 Å². The summed E-state index contributed by atoms with van der Waals surface area (Å²) >= 11 is 0. The summed E-state index contributed by atoms with van der Waals surface area (Å²) in [7, 11) is -2.32. The molecule has 1 atom stereocenters. The molecule has 94 valence electrons. The lowest BCUT2D eigenvalue weighted by molar-refractivity contribution is -0.941. The first kappa shape index (κ1) is 15.1. The Balaban J connectivity index is 4.55. The Morgan fingerprint density at radius 3 is 2.44 bits per heavy atom. The molecule has 0 fully saturated rings. The molecule has 1 amide bonds. The minimum atomic E-state index is -4.01. The van der Waals surface area contributed by atoms with Gasteiger partial charge in [-0.05, 0) is 6.42 Å². The van der Waals surface area contributed by atoms with Crippen molar-refractivity contribution in [1.29, 1.82) is 0 Å². The molecular formula is C9H19N2O4S+. The number of nitrogens with zero attached hydrogens (tertiary/aromatic N) is 1. The van der Waals surface area contributed by atoms with Crippen LogP contribution in [0.4, 0.5) is 0 Å². The van der Waals surface area contributed by atoms with Crippen molar-refractivity contribution in [3.63, 3.8) is 0 Å². The van der Waals surface area contributed by atoms with Crippen molar-refractivity contribution in [3.8, 4) is 0 Å². The third kappa shape index (κ3) is 6.54. The van der Waals surface area contributed by atoms with Gasteiger partial charge in [0.15, 0.2) is 0 Å². The van der Waals surface area contributed by atoms with Crippen molar-refractivity contribution >= 4 is 16.0 Å². The molecule has 0 aromatic carbocycles. The molecule has 7 heteroatoms. The van der Waals surface area contributed by atoms with Gasteiger partial charge in [0.1, 0.15) is 18.8 Å². The smallest absolute Gasteiger partial charge is 0.285 e. The second-order valence-corrected chi connectivity index (χ2v) is 5.38. The van der Waals surface area contributed by atoms with Gasteiger partial charge >= 0.3 is 0 Å². The van der Waals surface area contributed by atoms with Crippen LogP contribution in [0.2, 0.25) is 0 Å². The fourth-order valence-electron chi connectivity index (χ4n) is 1.35. The summed E-state index contributed by atoms with van der Waals surface area (Å²) in [6.07, 6.45) is 1.90. The first-order valence-electron chi connectivity index (χ1n) is 4.97. The number of hydrogen-bond acceptors (Lipinski definition) is 3. The predicted octanol–water partition coefficient (Wildman–Crippen LogP) is -0.0520. The van der Waals surface area contributed by atoms with Gasteiger partial charge in [-0.25, -0.2) is 4.59 Å². The lowest BCUT2D eigenvalue weighted by atomic mass is 10.4.